The minimum absolute atomic E-state index is 0.572. The van der Waals surface area contributed by atoms with Gasteiger partial charge in [0.1, 0.15) is 0 Å². The molecular weight excluding hydrogens is 258 g/mol. The van der Waals surface area contributed by atoms with Crippen molar-refractivity contribution in [3.05, 3.63) is 36.0 Å². The molecule has 0 amide bonds. The van der Waals surface area contributed by atoms with Crippen molar-refractivity contribution in [3.8, 4) is 0 Å². The number of H-pyrrole nitrogens is 1. The predicted molar refractivity (Wildman–Crippen MR) is 46.8 cm³/mol. The van der Waals surface area contributed by atoms with Crippen LogP contribution in [0.25, 0.3) is 0 Å². The normalized spacial score (nSPS) is 10.5. The molecule has 2 aromatic rings. The zero-order valence-corrected chi connectivity index (χ0v) is 8.56. The van der Waals surface area contributed by atoms with Crippen LogP contribution in [-0.2, 0) is 19.8 Å². The van der Waals surface area contributed by atoms with Gasteiger partial charge in [0.05, 0.1) is 0 Å². The van der Waals surface area contributed by atoms with E-state index in [1.165, 1.54) is 9.34 Å². The summed E-state index contributed by atoms with van der Waals surface area (Å²) in [4.78, 5) is 0. The first kappa shape index (κ1) is 8.69. The van der Waals surface area contributed by atoms with Crippen LogP contribution in [0, 0.1) is 6.92 Å². The van der Waals surface area contributed by atoms with E-state index in [4.69, 9.17) is 0 Å². The molecule has 0 saturated carbocycles. The second-order valence-corrected chi connectivity index (χ2v) is 4.57. The summed E-state index contributed by atoms with van der Waals surface area (Å²) in [7, 11) is 0. The topological polar surface area (TPSA) is 41.6 Å². The zero-order chi connectivity index (χ0) is 9.10. The van der Waals surface area contributed by atoms with Gasteiger partial charge < -0.3 is 0 Å². The number of hydrogen-bond acceptors (Lipinski definition) is 2. The summed E-state index contributed by atoms with van der Waals surface area (Å²) in [5.41, 5.74) is 1.29. The number of aromatic nitrogens is 3. The summed E-state index contributed by atoms with van der Waals surface area (Å²) in [5.74, 6) is 0. The molecule has 0 radical (unpaired) electrons. The van der Waals surface area contributed by atoms with Gasteiger partial charge >= 0.3 is 85.8 Å². The maximum atomic E-state index is 3.95. The average molecular weight is 267 g/mol. The van der Waals surface area contributed by atoms with Crippen LogP contribution in [0.4, 0.5) is 0 Å². The van der Waals surface area contributed by atoms with Crippen molar-refractivity contribution in [3.63, 3.8) is 0 Å². The first-order valence-electron chi connectivity index (χ1n) is 3.85. The fourth-order valence-electron chi connectivity index (χ4n) is 0.933. The second-order valence-electron chi connectivity index (χ2n) is 2.59. The number of nitrogens with zero attached hydrogens (tertiary/aromatic N) is 2. The average Bonchev–Trinajstić information content (AvgIpc) is 2.57. The summed E-state index contributed by atoms with van der Waals surface area (Å²) in [6.45, 7) is 2.09. The molecule has 1 heterocycles. The Morgan fingerprint density at radius 2 is 2.31 bits per heavy atom. The van der Waals surface area contributed by atoms with E-state index in [9.17, 15) is 0 Å². The standard InChI is InChI=1S/C7H7.C2H2N3.Ag/c1-7-5-3-2-4-6-7;1-2-4-5-3-1;/h2-3,5-6H,1H3;1H,(H,3,4,5);. The van der Waals surface area contributed by atoms with Gasteiger partial charge in [0.25, 0.3) is 0 Å². The van der Waals surface area contributed by atoms with Gasteiger partial charge in [-0.15, -0.1) is 0 Å². The van der Waals surface area contributed by atoms with Crippen LogP contribution in [0.2, 0.25) is 0 Å². The monoisotopic (exact) mass is 266 g/mol. The van der Waals surface area contributed by atoms with Gasteiger partial charge in [-0.05, 0) is 0 Å². The van der Waals surface area contributed by atoms with E-state index in [-0.39, 0.29) is 0 Å². The molecule has 1 N–H and O–H groups in total. The molecule has 0 aliphatic rings. The van der Waals surface area contributed by atoms with E-state index in [0.29, 0.717) is 19.8 Å². The molecule has 0 saturated heterocycles. The van der Waals surface area contributed by atoms with Crippen molar-refractivity contribution in [2.24, 2.45) is 0 Å². The van der Waals surface area contributed by atoms with Gasteiger partial charge in [-0.2, -0.15) is 0 Å². The van der Waals surface area contributed by atoms with Crippen LogP contribution < -0.4 is 7.69 Å². The molecule has 1 aromatic carbocycles. The van der Waals surface area contributed by atoms with Crippen molar-refractivity contribution in [2.45, 2.75) is 6.92 Å². The predicted octanol–water partition coefficient (Wildman–Crippen LogP) is 0.146. The van der Waals surface area contributed by atoms with Crippen LogP contribution in [-0.4, -0.2) is 15.4 Å². The first-order chi connectivity index (χ1) is 6.34. The Kier molecular flexibility index (Phi) is 2.59. The number of aryl methyl sites for hydroxylation is 1. The summed E-state index contributed by atoms with van der Waals surface area (Å²) >= 11 is 0.572. The summed E-state index contributed by atoms with van der Waals surface area (Å²) in [5, 5.41) is 10.3. The Bertz CT molecular complexity index is 384. The minimum atomic E-state index is 0.572. The zero-order valence-electron chi connectivity index (χ0n) is 7.08. The molecule has 0 bridgehead atoms. The van der Waals surface area contributed by atoms with Crippen LogP contribution in [0.1, 0.15) is 5.56 Å². The molecule has 71 valence electrons. The summed E-state index contributed by atoms with van der Waals surface area (Å²) in [6, 6.07) is 8.45. The number of nitrogens with one attached hydrogen (secondary N) is 1. The van der Waals surface area contributed by atoms with E-state index in [1.54, 1.807) is 0 Å². The Labute approximate surface area is 85.9 Å². The quantitative estimate of drug-likeness (QED) is 0.787. The number of aromatic amines is 1. The first-order valence-corrected chi connectivity index (χ1v) is 5.33. The molecule has 4 heteroatoms. The summed E-state index contributed by atoms with van der Waals surface area (Å²) < 4.78 is 2.31. The SMILES string of the molecule is Cc1ccc[c]([Ag][c]2c[nH]nn2)c1. The van der Waals surface area contributed by atoms with E-state index >= 15 is 0 Å². The fourth-order valence-corrected chi connectivity index (χ4v) is 2.43. The molecule has 0 spiro atoms. The van der Waals surface area contributed by atoms with Crippen LogP contribution in [0.3, 0.4) is 0 Å². The van der Waals surface area contributed by atoms with E-state index in [1.807, 2.05) is 6.20 Å². The van der Waals surface area contributed by atoms with E-state index in [2.05, 4.69) is 46.6 Å². The third kappa shape index (κ3) is 2.28. The van der Waals surface area contributed by atoms with E-state index < -0.39 is 0 Å². The molecule has 13 heavy (non-hydrogen) atoms. The Balaban J connectivity index is 2.19. The molecule has 2 rings (SSSR count). The Morgan fingerprint density at radius 3 is 3.00 bits per heavy atom. The maximum absolute atomic E-state index is 3.95. The fraction of sp³-hybridized carbons (Fsp3) is 0.111. The molecule has 0 aliphatic heterocycles. The second kappa shape index (κ2) is 3.87. The number of hydrogen-bond donors (Lipinski definition) is 1. The molecule has 0 fully saturated rings. The van der Waals surface area contributed by atoms with Gasteiger partial charge in [-0.3, -0.25) is 0 Å². The van der Waals surface area contributed by atoms with Crippen molar-refractivity contribution >= 4 is 7.69 Å². The van der Waals surface area contributed by atoms with Crippen LogP contribution in [0.15, 0.2) is 30.5 Å². The van der Waals surface area contributed by atoms with Crippen LogP contribution in [0.5, 0.6) is 0 Å². The van der Waals surface area contributed by atoms with Crippen molar-refractivity contribution in [1.29, 1.82) is 0 Å². The van der Waals surface area contributed by atoms with Crippen molar-refractivity contribution in [1.82, 2.24) is 15.4 Å². The number of rotatable bonds is 2. The molecule has 1 aromatic heterocycles. The van der Waals surface area contributed by atoms with Gasteiger partial charge in [0.2, 0.25) is 0 Å². The van der Waals surface area contributed by atoms with Gasteiger partial charge in [-0.25, -0.2) is 0 Å². The third-order valence-electron chi connectivity index (χ3n) is 1.49. The molecule has 0 unspecified atom stereocenters. The van der Waals surface area contributed by atoms with Gasteiger partial charge in [0, 0.05) is 0 Å². The third-order valence-corrected chi connectivity index (χ3v) is 3.12. The Hall–Kier alpha value is -0.900. The van der Waals surface area contributed by atoms with Gasteiger partial charge in [0.15, 0.2) is 0 Å². The Morgan fingerprint density at radius 1 is 1.38 bits per heavy atom. The molecular formula is C9H9AgN3. The molecule has 3 nitrogen and oxygen atoms in total. The summed E-state index contributed by atoms with van der Waals surface area (Å²) in [6.07, 6.45) is 1.84. The van der Waals surface area contributed by atoms with E-state index in [0.717, 1.165) is 3.91 Å². The number of benzene rings is 1. The molecule has 0 atom stereocenters. The van der Waals surface area contributed by atoms with Crippen molar-refractivity contribution < 1.29 is 19.8 Å². The van der Waals surface area contributed by atoms with Crippen molar-refractivity contribution in [2.75, 3.05) is 0 Å². The molecule has 0 aliphatic carbocycles. The van der Waals surface area contributed by atoms with Gasteiger partial charge in [-0.1, -0.05) is 0 Å². The van der Waals surface area contributed by atoms with Crippen LogP contribution >= 0.6 is 0 Å².